The third-order valence-corrected chi connectivity index (χ3v) is 5.90. The first-order valence-electron chi connectivity index (χ1n) is 10.1. The molecule has 0 amide bonds. The van der Waals surface area contributed by atoms with Gasteiger partial charge in [-0.3, -0.25) is 9.89 Å². The molecule has 0 aliphatic carbocycles. The molecule has 0 fully saturated rings. The number of hydrogen-bond acceptors (Lipinski definition) is 2. The van der Waals surface area contributed by atoms with Gasteiger partial charge in [-0.15, -0.1) is 0 Å². The summed E-state index contributed by atoms with van der Waals surface area (Å²) in [5, 5.41) is 0. The van der Waals surface area contributed by atoms with Gasteiger partial charge in [-0.05, 0) is 61.3 Å². The number of nitrogens with zero attached hydrogens (tertiary/aromatic N) is 2. The normalized spacial score (nSPS) is 15.3. The van der Waals surface area contributed by atoms with Gasteiger partial charge in [-0.2, -0.15) is 13.2 Å². The summed E-state index contributed by atoms with van der Waals surface area (Å²) >= 11 is 0. The topological polar surface area (TPSA) is 15.6 Å². The van der Waals surface area contributed by atoms with E-state index in [-0.39, 0.29) is 12.2 Å². The monoisotopic (exact) mass is 440 g/mol. The first kappa shape index (κ1) is 24.5. The first-order valence-corrected chi connectivity index (χ1v) is 11.4. The second-order valence-corrected chi connectivity index (χ2v) is 8.42. The van der Waals surface area contributed by atoms with Crippen LogP contribution in [0.2, 0.25) is 0 Å². The largest absolute Gasteiger partial charge is 0.404 e. The van der Waals surface area contributed by atoms with Crippen LogP contribution in [0.5, 0.6) is 0 Å². The third kappa shape index (κ3) is 8.16. The molecular weight excluding hydrogens is 411 g/mol. The van der Waals surface area contributed by atoms with E-state index >= 15 is 0 Å². The molecule has 30 heavy (non-hydrogen) atoms. The first-order chi connectivity index (χ1) is 14.3. The van der Waals surface area contributed by atoms with Crippen LogP contribution in [0, 0.1) is 5.82 Å². The zero-order chi connectivity index (χ0) is 22.0. The van der Waals surface area contributed by atoms with Gasteiger partial charge in [0.15, 0.2) is 0 Å². The van der Waals surface area contributed by atoms with Crippen LogP contribution in [-0.2, 0) is 12.8 Å². The van der Waals surface area contributed by atoms with Gasteiger partial charge < -0.3 is 0 Å². The van der Waals surface area contributed by atoms with E-state index in [1.165, 1.54) is 30.2 Å². The standard InChI is InChI=1S/C20H23F4N.C3H6NP/c1-3-19(20(22,23)24)25(2)13-12-16-6-4-5-7-17(16)14-15-8-10-18(21)11-9-15;1-2-5-3-4-1/h4-11,19H,3,12-14H2,1-2H3;3,5H,1-2H2. The van der Waals surface area contributed by atoms with Gasteiger partial charge in [-0.1, -0.05) is 51.9 Å². The Morgan fingerprint density at radius 1 is 1.07 bits per heavy atom. The van der Waals surface area contributed by atoms with Gasteiger partial charge in [0.2, 0.25) is 0 Å². The highest BCUT2D eigenvalue weighted by Gasteiger charge is 2.40. The van der Waals surface area contributed by atoms with Crippen molar-refractivity contribution >= 4 is 14.5 Å². The highest BCUT2D eigenvalue weighted by molar-refractivity contribution is 7.55. The summed E-state index contributed by atoms with van der Waals surface area (Å²) in [5.74, 6) is 1.73. The summed E-state index contributed by atoms with van der Waals surface area (Å²) in [5.41, 5.74) is 3.06. The van der Waals surface area contributed by atoms with E-state index in [0.717, 1.165) is 31.8 Å². The quantitative estimate of drug-likeness (QED) is 0.384. The highest BCUT2D eigenvalue weighted by atomic mass is 31.1. The predicted octanol–water partition coefficient (Wildman–Crippen LogP) is 5.94. The summed E-state index contributed by atoms with van der Waals surface area (Å²) in [4.78, 5) is 5.34. The van der Waals surface area contributed by atoms with Crippen molar-refractivity contribution in [2.24, 2.45) is 4.99 Å². The lowest BCUT2D eigenvalue weighted by Crippen LogP contribution is -2.43. The fourth-order valence-electron chi connectivity index (χ4n) is 3.36. The van der Waals surface area contributed by atoms with E-state index < -0.39 is 12.2 Å². The Bertz CT molecular complexity index is 785. The number of benzene rings is 2. The average molecular weight is 440 g/mol. The molecule has 0 bridgehead atoms. The van der Waals surface area contributed by atoms with Crippen molar-refractivity contribution in [3.63, 3.8) is 0 Å². The van der Waals surface area contributed by atoms with Crippen LogP contribution in [-0.4, -0.2) is 49.4 Å². The maximum atomic E-state index is 13.0. The maximum absolute atomic E-state index is 13.0. The van der Waals surface area contributed by atoms with Gasteiger partial charge >= 0.3 is 6.18 Å². The van der Waals surface area contributed by atoms with Crippen LogP contribution in [0.25, 0.3) is 0 Å². The van der Waals surface area contributed by atoms with Crippen molar-refractivity contribution < 1.29 is 17.6 Å². The number of rotatable bonds is 7. The molecule has 2 atom stereocenters. The molecule has 0 N–H and O–H groups in total. The molecule has 1 heterocycles. The SMILES string of the molecule is C1=NCCP1.CCC(N(C)CCc1ccccc1Cc1ccc(F)cc1)C(F)(F)F. The number of hydrogen-bond donors (Lipinski definition) is 0. The van der Waals surface area contributed by atoms with E-state index in [0.29, 0.717) is 19.4 Å². The Labute approximate surface area is 178 Å². The van der Waals surface area contributed by atoms with Gasteiger partial charge in [0.1, 0.15) is 11.9 Å². The summed E-state index contributed by atoms with van der Waals surface area (Å²) in [7, 11) is 2.54. The van der Waals surface area contributed by atoms with Crippen LogP contribution >= 0.6 is 8.58 Å². The molecule has 2 aromatic carbocycles. The van der Waals surface area contributed by atoms with Crippen molar-refractivity contribution in [1.82, 2.24) is 4.90 Å². The molecule has 2 aromatic rings. The van der Waals surface area contributed by atoms with Crippen LogP contribution in [0.1, 0.15) is 30.0 Å². The van der Waals surface area contributed by atoms with E-state index in [2.05, 4.69) is 4.99 Å². The minimum absolute atomic E-state index is 0.0389. The van der Waals surface area contributed by atoms with Gasteiger partial charge in [0.25, 0.3) is 0 Å². The fraction of sp³-hybridized carbons (Fsp3) is 0.435. The van der Waals surface area contributed by atoms with E-state index in [9.17, 15) is 17.6 Å². The highest BCUT2D eigenvalue weighted by Crippen LogP contribution is 2.26. The fourth-order valence-corrected chi connectivity index (χ4v) is 4.01. The summed E-state index contributed by atoms with van der Waals surface area (Å²) in [6.45, 7) is 2.97. The molecule has 0 saturated carbocycles. The van der Waals surface area contributed by atoms with Crippen molar-refractivity contribution in [1.29, 1.82) is 0 Å². The van der Waals surface area contributed by atoms with Crippen LogP contribution in [0.4, 0.5) is 17.6 Å². The number of aliphatic imine (C=N–C) groups is 1. The third-order valence-electron chi connectivity index (χ3n) is 5.02. The summed E-state index contributed by atoms with van der Waals surface area (Å²) < 4.78 is 52.1. The van der Waals surface area contributed by atoms with Gasteiger partial charge in [-0.25, -0.2) is 4.39 Å². The predicted molar refractivity (Wildman–Crippen MR) is 119 cm³/mol. The molecule has 3 rings (SSSR count). The second-order valence-electron chi connectivity index (χ2n) is 7.26. The van der Waals surface area contributed by atoms with Crippen LogP contribution in [0.15, 0.2) is 53.5 Å². The smallest absolute Gasteiger partial charge is 0.295 e. The minimum atomic E-state index is -4.21. The van der Waals surface area contributed by atoms with Crippen molar-refractivity contribution in [2.75, 3.05) is 26.3 Å². The lowest BCUT2D eigenvalue weighted by molar-refractivity contribution is -0.180. The molecule has 0 radical (unpaired) electrons. The Balaban J connectivity index is 0.000000558. The molecule has 0 spiro atoms. The number of alkyl halides is 3. The van der Waals surface area contributed by atoms with Crippen molar-refractivity contribution in [3.05, 3.63) is 71.0 Å². The van der Waals surface area contributed by atoms with E-state index in [1.807, 2.05) is 30.2 Å². The van der Waals surface area contributed by atoms with Gasteiger partial charge in [0.05, 0.1) is 0 Å². The number of halogens is 4. The van der Waals surface area contributed by atoms with Crippen LogP contribution in [0.3, 0.4) is 0 Å². The Kier molecular flexibility index (Phi) is 9.93. The molecule has 1 aliphatic rings. The summed E-state index contributed by atoms with van der Waals surface area (Å²) in [6.07, 6.45) is -1.69. The lowest BCUT2D eigenvalue weighted by Gasteiger charge is -2.29. The summed E-state index contributed by atoms with van der Waals surface area (Å²) in [6, 6.07) is 12.6. The molecule has 7 heteroatoms. The maximum Gasteiger partial charge on any atom is 0.404 e. The lowest BCUT2D eigenvalue weighted by atomic mass is 9.97. The molecule has 1 aliphatic heterocycles. The Hall–Kier alpha value is -1.78. The minimum Gasteiger partial charge on any atom is -0.295 e. The number of likely N-dealkylation sites (N-methyl/N-ethyl adjacent to an activating group) is 1. The van der Waals surface area contributed by atoms with Crippen molar-refractivity contribution in [3.8, 4) is 0 Å². The Morgan fingerprint density at radius 3 is 2.23 bits per heavy atom. The molecule has 164 valence electrons. The zero-order valence-corrected chi connectivity index (χ0v) is 18.4. The Morgan fingerprint density at radius 2 is 1.73 bits per heavy atom. The molecule has 0 aromatic heterocycles. The van der Waals surface area contributed by atoms with Gasteiger partial charge in [0, 0.05) is 19.0 Å². The molecular formula is C23H29F4N2P. The molecule has 0 saturated heterocycles. The van der Waals surface area contributed by atoms with Crippen LogP contribution < -0.4 is 0 Å². The zero-order valence-electron chi connectivity index (χ0n) is 17.4. The van der Waals surface area contributed by atoms with E-state index in [1.54, 1.807) is 19.1 Å². The average Bonchev–Trinajstić information content (AvgIpc) is 3.29. The van der Waals surface area contributed by atoms with E-state index in [4.69, 9.17) is 0 Å². The second kappa shape index (κ2) is 12.2. The molecule has 2 unspecified atom stereocenters. The molecule has 2 nitrogen and oxygen atoms in total. The van der Waals surface area contributed by atoms with Crippen molar-refractivity contribution in [2.45, 2.75) is 38.4 Å².